The average Bonchev–Trinajstić information content (AvgIpc) is 2.48. The van der Waals surface area contributed by atoms with Gasteiger partial charge in [0.15, 0.2) is 0 Å². The Balaban J connectivity index is 2.40. The van der Waals surface area contributed by atoms with Crippen molar-refractivity contribution in [1.29, 1.82) is 0 Å². The number of rotatable bonds is 2. The average molecular weight is 303 g/mol. The van der Waals surface area contributed by atoms with Crippen LogP contribution in [0.4, 0.5) is 4.39 Å². The molecule has 3 aromatic rings. The molecule has 21 heavy (non-hydrogen) atoms. The van der Waals surface area contributed by atoms with Crippen LogP contribution >= 0.6 is 11.6 Å². The van der Waals surface area contributed by atoms with Gasteiger partial charge in [0.1, 0.15) is 5.82 Å². The van der Waals surface area contributed by atoms with Crippen LogP contribution in [0.2, 0.25) is 5.02 Å². The van der Waals surface area contributed by atoms with E-state index < -0.39 is 11.8 Å². The van der Waals surface area contributed by atoms with E-state index in [0.29, 0.717) is 16.5 Å². The smallest absolute Gasteiger partial charge is 0.335 e. The molecule has 0 fully saturated rings. The fourth-order valence-corrected chi connectivity index (χ4v) is 2.41. The molecule has 0 spiro atoms. The van der Waals surface area contributed by atoms with Gasteiger partial charge in [-0.3, -0.25) is 9.97 Å². The van der Waals surface area contributed by atoms with Crippen LogP contribution in [0.15, 0.2) is 42.9 Å². The summed E-state index contributed by atoms with van der Waals surface area (Å²) in [6.07, 6.45) is 3.94. The second-order valence-electron chi connectivity index (χ2n) is 4.37. The van der Waals surface area contributed by atoms with E-state index in [4.69, 9.17) is 16.7 Å². The topological polar surface area (TPSA) is 63.1 Å². The van der Waals surface area contributed by atoms with Crippen LogP contribution in [-0.2, 0) is 0 Å². The molecule has 0 unspecified atom stereocenters. The maximum atomic E-state index is 14.0. The number of carboxylic acids is 1. The number of halogens is 2. The second-order valence-corrected chi connectivity index (χ2v) is 4.78. The highest BCUT2D eigenvalue weighted by molar-refractivity contribution is 6.34. The Morgan fingerprint density at radius 3 is 2.76 bits per heavy atom. The molecule has 0 bridgehead atoms. The number of hydrogen-bond acceptors (Lipinski definition) is 3. The molecule has 2 aromatic heterocycles. The van der Waals surface area contributed by atoms with E-state index >= 15 is 0 Å². The Kier molecular flexibility index (Phi) is 3.27. The van der Waals surface area contributed by atoms with E-state index in [1.165, 1.54) is 30.6 Å². The fraction of sp³-hybridized carbons (Fsp3) is 0. The van der Waals surface area contributed by atoms with E-state index in [-0.39, 0.29) is 16.1 Å². The van der Waals surface area contributed by atoms with Crippen molar-refractivity contribution >= 4 is 28.5 Å². The summed E-state index contributed by atoms with van der Waals surface area (Å²) in [4.78, 5) is 18.9. The van der Waals surface area contributed by atoms with Crippen molar-refractivity contribution in [2.75, 3.05) is 0 Å². The summed E-state index contributed by atoms with van der Waals surface area (Å²) in [5, 5.41) is 9.82. The molecule has 0 atom stereocenters. The highest BCUT2D eigenvalue weighted by atomic mass is 35.5. The van der Waals surface area contributed by atoms with Crippen molar-refractivity contribution in [3.05, 3.63) is 59.3 Å². The molecule has 0 aliphatic rings. The summed E-state index contributed by atoms with van der Waals surface area (Å²) < 4.78 is 14.0. The molecule has 2 heterocycles. The predicted octanol–water partition coefficient (Wildman–Crippen LogP) is 3.79. The number of hydrogen-bond donors (Lipinski definition) is 1. The number of aromatic carboxylic acids is 1. The Hall–Kier alpha value is -2.53. The van der Waals surface area contributed by atoms with E-state index in [2.05, 4.69) is 9.97 Å². The van der Waals surface area contributed by atoms with E-state index in [0.717, 1.165) is 6.20 Å². The minimum Gasteiger partial charge on any atom is -0.478 e. The zero-order chi connectivity index (χ0) is 15.0. The Labute approximate surface area is 123 Å². The van der Waals surface area contributed by atoms with E-state index in [1.54, 1.807) is 6.07 Å². The summed E-state index contributed by atoms with van der Waals surface area (Å²) in [6, 6.07) is 5.94. The first-order valence-electron chi connectivity index (χ1n) is 5.99. The lowest BCUT2D eigenvalue weighted by molar-refractivity contribution is 0.0697. The van der Waals surface area contributed by atoms with Gasteiger partial charge in [-0.1, -0.05) is 11.6 Å². The van der Waals surface area contributed by atoms with Crippen molar-refractivity contribution in [2.45, 2.75) is 0 Å². The van der Waals surface area contributed by atoms with Gasteiger partial charge >= 0.3 is 5.97 Å². The molecule has 0 amide bonds. The first-order valence-corrected chi connectivity index (χ1v) is 6.37. The van der Waals surface area contributed by atoms with Gasteiger partial charge in [0, 0.05) is 28.9 Å². The zero-order valence-electron chi connectivity index (χ0n) is 10.5. The Morgan fingerprint density at radius 2 is 2.05 bits per heavy atom. The van der Waals surface area contributed by atoms with Crippen LogP contribution in [0.25, 0.3) is 22.0 Å². The summed E-state index contributed by atoms with van der Waals surface area (Å²) in [5.74, 6) is -1.61. The van der Waals surface area contributed by atoms with Gasteiger partial charge in [-0.2, -0.15) is 0 Å². The standard InChI is InChI=1S/C15H8ClFN2O2/c16-11-6-19-13-2-1-8(15(20)21)5-10(13)14(11)9-3-4-18-7-12(9)17/h1-7H,(H,20,21). The summed E-state index contributed by atoms with van der Waals surface area (Å²) in [5.41, 5.74) is 1.28. The number of aromatic nitrogens is 2. The lowest BCUT2D eigenvalue weighted by atomic mass is 10.00. The van der Waals surface area contributed by atoms with Crippen molar-refractivity contribution in [3.8, 4) is 11.1 Å². The molecule has 6 heteroatoms. The normalized spacial score (nSPS) is 10.8. The zero-order valence-corrected chi connectivity index (χ0v) is 11.3. The van der Waals surface area contributed by atoms with Gasteiger partial charge < -0.3 is 5.11 Å². The van der Waals surface area contributed by atoms with Crippen LogP contribution in [0.5, 0.6) is 0 Å². The number of benzene rings is 1. The van der Waals surface area contributed by atoms with Gasteiger partial charge in [-0.25, -0.2) is 9.18 Å². The van der Waals surface area contributed by atoms with Gasteiger partial charge in [-0.05, 0) is 24.3 Å². The predicted molar refractivity (Wildman–Crippen MR) is 76.9 cm³/mol. The molecule has 0 radical (unpaired) electrons. The highest BCUT2D eigenvalue weighted by Gasteiger charge is 2.15. The highest BCUT2D eigenvalue weighted by Crippen LogP contribution is 2.35. The molecule has 0 saturated carbocycles. The third kappa shape index (κ3) is 2.32. The summed E-state index contributed by atoms with van der Waals surface area (Å²) in [6.45, 7) is 0. The molecule has 4 nitrogen and oxygen atoms in total. The number of nitrogens with zero attached hydrogens (tertiary/aromatic N) is 2. The van der Waals surface area contributed by atoms with Crippen molar-refractivity contribution < 1.29 is 14.3 Å². The molecule has 0 saturated heterocycles. The molecule has 104 valence electrons. The van der Waals surface area contributed by atoms with Crippen molar-refractivity contribution in [1.82, 2.24) is 9.97 Å². The molecule has 0 aliphatic heterocycles. The van der Waals surface area contributed by atoms with Gasteiger partial charge in [-0.15, -0.1) is 0 Å². The molecule has 1 N–H and O–H groups in total. The molecule has 3 rings (SSSR count). The Bertz CT molecular complexity index is 867. The largest absolute Gasteiger partial charge is 0.478 e. The molecule has 1 aromatic carbocycles. The van der Waals surface area contributed by atoms with Gasteiger partial charge in [0.25, 0.3) is 0 Å². The number of pyridine rings is 2. The van der Waals surface area contributed by atoms with Crippen LogP contribution < -0.4 is 0 Å². The first-order chi connectivity index (χ1) is 10.1. The minimum atomic E-state index is -1.07. The molecular formula is C15H8ClFN2O2. The number of carboxylic acid groups (broad SMARTS) is 1. The lowest BCUT2D eigenvalue weighted by Crippen LogP contribution is -1.97. The van der Waals surface area contributed by atoms with Crippen LogP contribution in [0.3, 0.4) is 0 Å². The SMILES string of the molecule is O=C(O)c1ccc2ncc(Cl)c(-c3ccncc3F)c2c1. The summed E-state index contributed by atoms with van der Waals surface area (Å²) in [7, 11) is 0. The van der Waals surface area contributed by atoms with Crippen LogP contribution in [-0.4, -0.2) is 21.0 Å². The molecule has 0 aliphatic carbocycles. The van der Waals surface area contributed by atoms with E-state index in [1.807, 2.05) is 0 Å². The quantitative estimate of drug-likeness (QED) is 0.782. The monoisotopic (exact) mass is 302 g/mol. The minimum absolute atomic E-state index is 0.0854. The maximum Gasteiger partial charge on any atom is 0.335 e. The maximum absolute atomic E-state index is 14.0. The fourth-order valence-electron chi connectivity index (χ4n) is 2.15. The van der Waals surface area contributed by atoms with Gasteiger partial charge in [0.2, 0.25) is 0 Å². The van der Waals surface area contributed by atoms with Crippen molar-refractivity contribution in [3.63, 3.8) is 0 Å². The van der Waals surface area contributed by atoms with E-state index in [9.17, 15) is 9.18 Å². The lowest BCUT2D eigenvalue weighted by Gasteiger charge is -2.10. The number of carbonyl (C=O) groups is 1. The van der Waals surface area contributed by atoms with Gasteiger partial charge in [0.05, 0.1) is 22.3 Å². The molecular weight excluding hydrogens is 295 g/mol. The van der Waals surface area contributed by atoms with Crippen LogP contribution in [0, 0.1) is 5.82 Å². The first kappa shape index (κ1) is 13.5. The Morgan fingerprint density at radius 1 is 1.24 bits per heavy atom. The third-order valence-corrected chi connectivity index (χ3v) is 3.40. The third-order valence-electron chi connectivity index (χ3n) is 3.11. The summed E-state index contributed by atoms with van der Waals surface area (Å²) >= 11 is 6.14. The second kappa shape index (κ2) is 5.10. The van der Waals surface area contributed by atoms with Crippen molar-refractivity contribution in [2.24, 2.45) is 0 Å². The number of fused-ring (bicyclic) bond motifs is 1. The van der Waals surface area contributed by atoms with Crippen LogP contribution in [0.1, 0.15) is 10.4 Å².